The second-order valence-electron chi connectivity index (χ2n) is 13.0. The standard InChI is InChI=1S/C27H42O4/c1-15-7-10-27(30-14-15)16(2)24-22(31-27)12-21-19-6-5-17-11-18(28)8-9-25(17,3)20(19)13-23(29)26(21,24)4/h15-22,24,28H,5-14H2,1-4H3/t15-,16-,17+,18+,19+,20-,21-,22-,24-,25+,26-,27-/m1/s1. The van der Waals surface area contributed by atoms with Crippen molar-refractivity contribution >= 4 is 5.78 Å². The van der Waals surface area contributed by atoms with Crippen LogP contribution in [0.25, 0.3) is 0 Å². The van der Waals surface area contributed by atoms with E-state index in [1.807, 2.05) is 0 Å². The van der Waals surface area contributed by atoms with Gasteiger partial charge in [-0.3, -0.25) is 4.79 Å². The molecular formula is C27H42O4. The number of carbonyl (C=O) groups is 1. The Labute approximate surface area is 187 Å². The number of aliphatic hydroxyl groups excluding tert-OH is 1. The Bertz CT molecular complexity index is 756. The molecule has 2 aliphatic heterocycles. The Balaban J connectivity index is 1.30. The molecule has 4 heteroatoms. The van der Waals surface area contributed by atoms with Crippen molar-refractivity contribution in [3.05, 3.63) is 0 Å². The first-order chi connectivity index (χ1) is 14.7. The molecule has 4 saturated carbocycles. The summed E-state index contributed by atoms with van der Waals surface area (Å²) in [6.45, 7) is 10.1. The van der Waals surface area contributed by atoms with Crippen LogP contribution in [0.1, 0.15) is 85.5 Å². The van der Waals surface area contributed by atoms with Crippen LogP contribution >= 0.6 is 0 Å². The van der Waals surface area contributed by atoms with E-state index in [2.05, 4.69) is 27.7 Å². The molecule has 1 spiro atoms. The van der Waals surface area contributed by atoms with Crippen LogP contribution in [-0.2, 0) is 14.3 Å². The molecule has 0 radical (unpaired) electrons. The minimum absolute atomic E-state index is 0.131. The quantitative estimate of drug-likeness (QED) is 0.589. The Hall–Kier alpha value is -0.450. The normalized spacial score (nSPS) is 60.9. The van der Waals surface area contributed by atoms with E-state index in [-0.39, 0.29) is 29.0 Å². The lowest BCUT2D eigenvalue weighted by molar-refractivity contribution is -0.272. The highest BCUT2D eigenvalue weighted by Gasteiger charge is 2.71. The van der Waals surface area contributed by atoms with Crippen molar-refractivity contribution in [2.45, 2.75) is 103 Å². The molecule has 4 nitrogen and oxygen atoms in total. The minimum atomic E-state index is -0.448. The van der Waals surface area contributed by atoms with Gasteiger partial charge >= 0.3 is 0 Å². The summed E-state index contributed by atoms with van der Waals surface area (Å²) in [7, 11) is 0. The molecule has 0 aromatic rings. The van der Waals surface area contributed by atoms with E-state index in [0.717, 1.165) is 51.6 Å². The van der Waals surface area contributed by atoms with E-state index in [9.17, 15) is 9.90 Å². The van der Waals surface area contributed by atoms with Gasteiger partial charge in [0.25, 0.3) is 0 Å². The van der Waals surface area contributed by atoms with Gasteiger partial charge in [-0.25, -0.2) is 0 Å². The van der Waals surface area contributed by atoms with E-state index in [0.29, 0.717) is 41.3 Å². The first-order valence-electron chi connectivity index (χ1n) is 13.2. The van der Waals surface area contributed by atoms with Crippen molar-refractivity contribution in [1.82, 2.24) is 0 Å². The Morgan fingerprint density at radius 1 is 1.00 bits per heavy atom. The van der Waals surface area contributed by atoms with Gasteiger partial charge in [-0.05, 0) is 80.0 Å². The molecule has 6 rings (SSSR count). The van der Waals surface area contributed by atoms with Gasteiger partial charge < -0.3 is 14.6 Å². The zero-order valence-electron chi connectivity index (χ0n) is 19.9. The van der Waals surface area contributed by atoms with Gasteiger partial charge in [0.15, 0.2) is 5.79 Å². The van der Waals surface area contributed by atoms with Crippen LogP contribution in [0.5, 0.6) is 0 Å². The molecule has 6 fully saturated rings. The Morgan fingerprint density at radius 3 is 2.55 bits per heavy atom. The lowest BCUT2D eigenvalue weighted by atomic mass is 9.44. The molecule has 4 aliphatic carbocycles. The van der Waals surface area contributed by atoms with Crippen LogP contribution in [0.4, 0.5) is 0 Å². The molecule has 1 N–H and O–H groups in total. The fourth-order valence-corrected chi connectivity index (χ4v) is 9.93. The van der Waals surface area contributed by atoms with Crippen molar-refractivity contribution < 1.29 is 19.4 Å². The maximum atomic E-state index is 14.0. The van der Waals surface area contributed by atoms with Crippen LogP contribution in [0.2, 0.25) is 0 Å². The van der Waals surface area contributed by atoms with Gasteiger partial charge in [0.1, 0.15) is 5.78 Å². The summed E-state index contributed by atoms with van der Waals surface area (Å²) in [4.78, 5) is 14.0. The number of carbonyl (C=O) groups excluding carboxylic acids is 1. The zero-order chi connectivity index (χ0) is 21.8. The van der Waals surface area contributed by atoms with Crippen LogP contribution < -0.4 is 0 Å². The summed E-state index contributed by atoms with van der Waals surface area (Å²) in [6, 6.07) is 0. The Morgan fingerprint density at radius 2 is 1.81 bits per heavy atom. The largest absolute Gasteiger partial charge is 0.393 e. The van der Waals surface area contributed by atoms with Crippen molar-refractivity contribution in [2.75, 3.05) is 6.61 Å². The molecule has 31 heavy (non-hydrogen) atoms. The Kier molecular flexibility index (Phi) is 4.62. The highest BCUT2D eigenvalue weighted by atomic mass is 16.7. The van der Waals surface area contributed by atoms with Gasteiger partial charge in [-0.15, -0.1) is 0 Å². The van der Waals surface area contributed by atoms with Gasteiger partial charge in [0, 0.05) is 30.1 Å². The third kappa shape index (κ3) is 2.68. The summed E-state index contributed by atoms with van der Waals surface area (Å²) in [5, 5.41) is 10.3. The lowest BCUT2D eigenvalue weighted by Crippen LogP contribution is -2.58. The topological polar surface area (TPSA) is 55.8 Å². The second kappa shape index (κ2) is 6.79. The van der Waals surface area contributed by atoms with Gasteiger partial charge in [-0.2, -0.15) is 0 Å². The smallest absolute Gasteiger partial charge is 0.171 e. The van der Waals surface area contributed by atoms with Crippen molar-refractivity contribution in [2.24, 2.45) is 52.3 Å². The first-order valence-corrected chi connectivity index (χ1v) is 13.2. The maximum Gasteiger partial charge on any atom is 0.171 e. The number of ether oxygens (including phenoxy) is 2. The summed E-state index contributed by atoms with van der Waals surface area (Å²) in [5.74, 6) is 3.45. The van der Waals surface area contributed by atoms with E-state index in [1.54, 1.807) is 0 Å². The fourth-order valence-electron chi connectivity index (χ4n) is 9.93. The fraction of sp³-hybridized carbons (Fsp3) is 0.963. The number of hydrogen-bond donors (Lipinski definition) is 1. The molecule has 2 saturated heterocycles. The molecule has 12 atom stereocenters. The second-order valence-corrected chi connectivity index (χ2v) is 13.0. The summed E-state index contributed by atoms with van der Waals surface area (Å²) < 4.78 is 13.2. The monoisotopic (exact) mass is 430 g/mol. The molecule has 0 aromatic carbocycles. The van der Waals surface area contributed by atoms with Crippen molar-refractivity contribution in [3.63, 3.8) is 0 Å². The molecule has 0 amide bonds. The first kappa shape index (κ1) is 21.1. The number of hydrogen-bond acceptors (Lipinski definition) is 4. The predicted molar refractivity (Wildman–Crippen MR) is 118 cm³/mol. The lowest BCUT2D eigenvalue weighted by Gasteiger charge is -2.60. The molecular weight excluding hydrogens is 388 g/mol. The summed E-state index contributed by atoms with van der Waals surface area (Å²) >= 11 is 0. The number of ketones is 1. The van der Waals surface area contributed by atoms with Gasteiger partial charge in [0.05, 0.1) is 18.8 Å². The average molecular weight is 431 g/mol. The molecule has 6 aliphatic rings. The van der Waals surface area contributed by atoms with Gasteiger partial charge in [-0.1, -0.05) is 27.7 Å². The van der Waals surface area contributed by atoms with E-state index in [1.165, 1.54) is 12.8 Å². The third-order valence-electron chi connectivity index (χ3n) is 11.8. The highest BCUT2D eigenvalue weighted by molar-refractivity contribution is 5.87. The molecule has 0 unspecified atom stereocenters. The van der Waals surface area contributed by atoms with Crippen LogP contribution in [0.15, 0.2) is 0 Å². The summed E-state index contributed by atoms with van der Waals surface area (Å²) in [6.07, 6.45) is 9.39. The number of Topliss-reactive ketones (excluding diaryl/α,β-unsaturated/α-hetero) is 1. The summed E-state index contributed by atoms with van der Waals surface area (Å²) in [5.41, 5.74) is -0.0221. The van der Waals surface area contributed by atoms with Crippen LogP contribution in [0.3, 0.4) is 0 Å². The average Bonchev–Trinajstić information content (AvgIpc) is 3.18. The molecule has 0 bridgehead atoms. The minimum Gasteiger partial charge on any atom is -0.393 e. The van der Waals surface area contributed by atoms with Gasteiger partial charge in [0.2, 0.25) is 0 Å². The van der Waals surface area contributed by atoms with Crippen LogP contribution in [0, 0.1) is 52.3 Å². The number of aliphatic hydroxyl groups is 1. The van der Waals surface area contributed by atoms with Crippen molar-refractivity contribution in [3.8, 4) is 0 Å². The highest BCUT2D eigenvalue weighted by Crippen LogP contribution is 2.70. The molecule has 0 aromatic heterocycles. The van der Waals surface area contributed by atoms with Crippen molar-refractivity contribution in [1.29, 1.82) is 0 Å². The molecule has 174 valence electrons. The SMILES string of the molecule is C[C@@H]1CC[C@@]2(OC1)O[C@@H]1C[C@@H]3[C@H]4CC[C@H]5C[C@@H](O)CC[C@]5(C)[C@@H]4CC(=O)[C@]3(C)[C@@H]1[C@H]2C. The molecule has 2 heterocycles. The maximum absolute atomic E-state index is 14.0. The van der Waals surface area contributed by atoms with E-state index < -0.39 is 5.79 Å². The zero-order valence-corrected chi connectivity index (χ0v) is 19.9. The van der Waals surface area contributed by atoms with E-state index in [4.69, 9.17) is 9.47 Å². The van der Waals surface area contributed by atoms with Crippen LogP contribution in [-0.4, -0.2) is 35.5 Å². The van der Waals surface area contributed by atoms with E-state index >= 15 is 0 Å². The number of fused-ring (bicyclic) bond motifs is 7. The number of rotatable bonds is 0. The predicted octanol–water partition coefficient (Wildman–Crippen LogP) is 4.97. The third-order valence-corrected chi connectivity index (χ3v) is 11.8.